The van der Waals surface area contributed by atoms with Gasteiger partial charge in [-0.2, -0.15) is 0 Å². The Balaban J connectivity index is 1.52. The summed E-state index contributed by atoms with van der Waals surface area (Å²) in [5, 5.41) is 0. The summed E-state index contributed by atoms with van der Waals surface area (Å²) in [5.74, 6) is -0.144. The minimum Gasteiger partial charge on any atom is -0.345 e. The molecular weight excluding hydrogens is 313 g/mol. The molecule has 0 atom stereocenters. The van der Waals surface area contributed by atoms with Crippen LogP contribution in [0.2, 0.25) is 0 Å². The van der Waals surface area contributed by atoms with Crippen LogP contribution in [-0.4, -0.2) is 41.9 Å². The lowest BCUT2D eigenvalue weighted by Gasteiger charge is -2.50. The molecule has 1 saturated heterocycles. The van der Waals surface area contributed by atoms with Crippen LogP contribution in [0.1, 0.15) is 64.2 Å². The van der Waals surface area contributed by atoms with Gasteiger partial charge in [0.15, 0.2) is 0 Å². The first-order chi connectivity index (χ1) is 12.3. The zero-order valence-electron chi connectivity index (χ0n) is 15.4. The normalized spacial score (nSPS) is 25.4. The summed E-state index contributed by atoms with van der Waals surface area (Å²) in [6, 6.07) is 8.53. The molecule has 2 saturated carbocycles. The van der Waals surface area contributed by atoms with Crippen molar-refractivity contribution in [1.29, 1.82) is 0 Å². The SMILES string of the molecule is Fc1ccc(N2CN(C3CCCCC3)CN(C3CCCCC3)C2)cc1. The second-order valence-electron chi connectivity index (χ2n) is 8.20. The van der Waals surface area contributed by atoms with Gasteiger partial charge in [-0.15, -0.1) is 0 Å². The molecule has 1 heterocycles. The lowest BCUT2D eigenvalue weighted by Crippen LogP contribution is -2.60. The molecule has 3 aliphatic rings. The van der Waals surface area contributed by atoms with Crippen molar-refractivity contribution < 1.29 is 4.39 Å². The Hall–Kier alpha value is -1.13. The molecule has 0 bridgehead atoms. The minimum absolute atomic E-state index is 0.144. The third kappa shape index (κ3) is 4.17. The van der Waals surface area contributed by atoms with Gasteiger partial charge in [0.05, 0.1) is 20.0 Å². The van der Waals surface area contributed by atoms with Gasteiger partial charge in [0.2, 0.25) is 0 Å². The van der Waals surface area contributed by atoms with E-state index in [1.165, 1.54) is 64.2 Å². The second kappa shape index (κ2) is 8.05. The van der Waals surface area contributed by atoms with E-state index in [-0.39, 0.29) is 5.82 Å². The van der Waals surface area contributed by atoms with E-state index < -0.39 is 0 Å². The Morgan fingerprint density at radius 2 is 1.12 bits per heavy atom. The number of anilines is 1. The highest BCUT2D eigenvalue weighted by atomic mass is 19.1. The lowest BCUT2D eigenvalue weighted by molar-refractivity contribution is 0.00641. The molecule has 0 spiro atoms. The number of nitrogens with zero attached hydrogens (tertiary/aromatic N) is 3. The number of hydrogen-bond acceptors (Lipinski definition) is 3. The maximum Gasteiger partial charge on any atom is 0.123 e. The van der Waals surface area contributed by atoms with E-state index in [4.69, 9.17) is 0 Å². The molecule has 0 radical (unpaired) electrons. The van der Waals surface area contributed by atoms with Crippen molar-refractivity contribution in [3.05, 3.63) is 30.1 Å². The van der Waals surface area contributed by atoms with Crippen LogP contribution in [0.25, 0.3) is 0 Å². The van der Waals surface area contributed by atoms with E-state index in [1.807, 2.05) is 12.1 Å². The van der Waals surface area contributed by atoms with E-state index in [9.17, 15) is 4.39 Å². The van der Waals surface area contributed by atoms with Crippen LogP contribution in [0, 0.1) is 5.82 Å². The minimum atomic E-state index is -0.144. The van der Waals surface area contributed by atoms with Crippen LogP contribution in [-0.2, 0) is 0 Å². The summed E-state index contributed by atoms with van der Waals surface area (Å²) in [6.45, 7) is 3.09. The maximum absolute atomic E-state index is 13.3. The van der Waals surface area contributed by atoms with E-state index in [0.717, 1.165) is 37.8 Å². The summed E-state index contributed by atoms with van der Waals surface area (Å²) in [6.07, 6.45) is 13.7. The van der Waals surface area contributed by atoms with Crippen molar-refractivity contribution in [1.82, 2.24) is 9.80 Å². The lowest BCUT2D eigenvalue weighted by atomic mass is 9.93. The molecule has 3 nitrogen and oxygen atoms in total. The number of hydrogen-bond donors (Lipinski definition) is 0. The molecule has 1 aliphatic heterocycles. The third-order valence-corrected chi connectivity index (χ3v) is 6.44. The van der Waals surface area contributed by atoms with E-state index in [1.54, 1.807) is 12.1 Å². The summed E-state index contributed by atoms with van der Waals surface area (Å²) < 4.78 is 13.3. The highest BCUT2D eigenvalue weighted by Crippen LogP contribution is 2.30. The van der Waals surface area contributed by atoms with Crippen LogP contribution in [0.5, 0.6) is 0 Å². The molecule has 0 N–H and O–H groups in total. The number of benzene rings is 1. The van der Waals surface area contributed by atoms with Gasteiger partial charge < -0.3 is 4.90 Å². The van der Waals surface area contributed by atoms with Crippen LogP contribution < -0.4 is 4.90 Å². The van der Waals surface area contributed by atoms with E-state index in [2.05, 4.69) is 14.7 Å². The molecule has 138 valence electrons. The van der Waals surface area contributed by atoms with Crippen molar-refractivity contribution in [2.45, 2.75) is 76.3 Å². The number of halogens is 1. The Morgan fingerprint density at radius 3 is 1.60 bits per heavy atom. The van der Waals surface area contributed by atoms with Gasteiger partial charge in [-0.25, -0.2) is 4.39 Å². The van der Waals surface area contributed by atoms with Gasteiger partial charge in [-0.05, 0) is 49.9 Å². The van der Waals surface area contributed by atoms with Crippen molar-refractivity contribution in [3.63, 3.8) is 0 Å². The van der Waals surface area contributed by atoms with Gasteiger partial charge in [0.1, 0.15) is 5.82 Å². The molecule has 3 fully saturated rings. The van der Waals surface area contributed by atoms with Gasteiger partial charge in [0.25, 0.3) is 0 Å². The topological polar surface area (TPSA) is 9.72 Å². The molecule has 2 aliphatic carbocycles. The molecule has 4 rings (SSSR count). The molecular formula is C21H32FN3. The average Bonchev–Trinajstić information content (AvgIpc) is 2.69. The average molecular weight is 346 g/mol. The van der Waals surface area contributed by atoms with Gasteiger partial charge in [0, 0.05) is 17.8 Å². The molecule has 0 amide bonds. The van der Waals surface area contributed by atoms with Crippen molar-refractivity contribution in [3.8, 4) is 0 Å². The van der Waals surface area contributed by atoms with Crippen LogP contribution in [0.4, 0.5) is 10.1 Å². The summed E-state index contributed by atoms with van der Waals surface area (Å²) in [4.78, 5) is 7.84. The molecule has 1 aromatic carbocycles. The van der Waals surface area contributed by atoms with Crippen LogP contribution >= 0.6 is 0 Å². The number of rotatable bonds is 3. The smallest absolute Gasteiger partial charge is 0.123 e. The highest BCUT2D eigenvalue weighted by molar-refractivity contribution is 5.46. The first kappa shape index (κ1) is 17.3. The highest BCUT2D eigenvalue weighted by Gasteiger charge is 2.33. The van der Waals surface area contributed by atoms with Gasteiger partial charge in [-0.1, -0.05) is 38.5 Å². The molecule has 0 aromatic heterocycles. The monoisotopic (exact) mass is 345 g/mol. The fourth-order valence-electron chi connectivity index (χ4n) is 4.98. The molecule has 4 heteroatoms. The van der Waals surface area contributed by atoms with Gasteiger partial charge >= 0.3 is 0 Å². The Labute approximate surface area is 151 Å². The fourth-order valence-corrected chi connectivity index (χ4v) is 4.98. The summed E-state index contributed by atoms with van der Waals surface area (Å²) in [7, 11) is 0. The van der Waals surface area contributed by atoms with Crippen LogP contribution in [0.15, 0.2) is 24.3 Å². The standard InChI is InChI=1S/C21H32FN3/c22-18-11-13-21(14-12-18)25-16-23(19-7-3-1-4-8-19)15-24(17-25)20-9-5-2-6-10-20/h11-14,19-20H,1-10,15-17H2. The molecule has 0 unspecified atom stereocenters. The van der Waals surface area contributed by atoms with Crippen molar-refractivity contribution >= 4 is 5.69 Å². The predicted molar refractivity (Wildman–Crippen MR) is 101 cm³/mol. The van der Waals surface area contributed by atoms with Crippen molar-refractivity contribution in [2.24, 2.45) is 0 Å². The van der Waals surface area contributed by atoms with E-state index >= 15 is 0 Å². The maximum atomic E-state index is 13.3. The summed E-state index contributed by atoms with van der Waals surface area (Å²) in [5.41, 5.74) is 1.16. The molecule has 1 aromatic rings. The van der Waals surface area contributed by atoms with Gasteiger partial charge in [-0.3, -0.25) is 9.80 Å². The second-order valence-corrected chi connectivity index (χ2v) is 8.20. The quantitative estimate of drug-likeness (QED) is 0.780. The zero-order valence-corrected chi connectivity index (χ0v) is 15.4. The zero-order chi connectivity index (χ0) is 17.1. The largest absolute Gasteiger partial charge is 0.345 e. The first-order valence-electron chi connectivity index (χ1n) is 10.3. The molecule has 25 heavy (non-hydrogen) atoms. The fraction of sp³-hybridized carbons (Fsp3) is 0.714. The third-order valence-electron chi connectivity index (χ3n) is 6.44. The van der Waals surface area contributed by atoms with E-state index in [0.29, 0.717) is 0 Å². The van der Waals surface area contributed by atoms with Crippen molar-refractivity contribution in [2.75, 3.05) is 24.9 Å². The van der Waals surface area contributed by atoms with Crippen LogP contribution in [0.3, 0.4) is 0 Å². The summed E-state index contributed by atoms with van der Waals surface area (Å²) >= 11 is 0. The first-order valence-corrected chi connectivity index (χ1v) is 10.3. The predicted octanol–water partition coefficient (Wildman–Crippen LogP) is 4.79. The Bertz CT molecular complexity index is 509. The Morgan fingerprint density at radius 1 is 0.640 bits per heavy atom. The Kier molecular flexibility index (Phi) is 5.57.